The van der Waals surface area contributed by atoms with E-state index in [4.69, 9.17) is 9.47 Å². The first-order valence-electron chi connectivity index (χ1n) is 9.15. The Bertz CT molecular complexity index is 821. The molecule has 0 spiro atoms. The Morgan fingerprint density at radius 2 is 1.56 bits per heavy atom. The first-order chi connectivity index (χ1) is 13.0. The number of hydrogen-bond donors (Lipinski definition) is 0. The Balaban J connectivity index is 1.61. The highest BCUT2D eigenvalue weighted by atomic mass is 16.5. The van der Waals surface area contributed by atoms with Crippen LogP contribution < -0.4 is 9.47 Å². The number of hydrogen-bond acceptors (Lipinski definition) is 4. The predicted molar refractivity (Wildman–Crippen MR) is 104 cm³/mol. The van der Waals surface area contributed by atoms with Gasteiger partial charge in [0.2, 0.25) is 0 Å². The number of aryl methyl sites for hydroxylation is 1. The fraction of sp³-hybridized carbons (Fsp3) is 0.364. The third-order valence-electron chi connectivity index (χ3n) is 5.17. The molecule has 1 aliphatic heterocycles. The van der Waals surface area contributed by atoms with Crippen molar-refractivity contribution in [1.29, 1.82) is 0 Å². The molecule has 2 aromatic rings. The van der Waals surface area contributed by atoms with Gasteiger partial charge in [-0.25, -0.2) is 0 Å². The van der Waals surface area contributed by atoms with E-state index < -0.39 is 0 Å². The number of likely N-dealkylation sites (tertiary alicyclic amines) is 1. The maximum absolute atomic E-state index is 12.8. The second-order valence-corrected chi connectivity index (χ2v) is 6.84. The maximum Gasteiger partial charge on any atom is 0.253 e. The fourth-order valence-electron chi connectivity index (χ4n) is 3.53. The first kappa shape index (κ1) is 19.0. The maximum atomic E-state index is 12.8. The molecule has 0 saturated carbocycles. The summed E-state index contributed by atoms with van der Waals surface area (Å²) < 4.78 is 10.4. The lowest BCUT2D eigenvalue weighted by molar-refractivity contribution is 0.0650. The minimum absolute atomic E-state index is 0.00356. The number of carbonyl (C=O) groups is 2. The van der Waals surface area contributed by atoms with E-state index in [2.05, 4.69) is 0 Å². The van der Waals surface area contributed by atoms with Crippen molar-refractivity contribution < 1.29 is 19.1 Å². The van der Waals surface area contributed by atoms with Gasteiger partial charge in [0.1, 0.15) is 11.5 Å². The van der Waals surface area contributed by atoms with Crippen molar-refractivity contribution in [2.45, 2.75) is 19.8 Å². The number of amides is 1. The van der Waals surface area contributed by atoms with Crippen LogP contribution in [0.1, 0.15) is 39.1 Å². The summed E-state index contributed by atoms with van der Waals surface area (Å²) in [6.45, 7) is 3.12. The molecule has 1 saturated heterocycles. The number of piperidine rings is 1. The summed E-state index contributed by atoms with van der Waals surface area (Å²) in [4.78, 5) is 27.3. The molecule has 142 valence electrons. The Labute approximate surface area is 159 Å². The monoisotopic (exact) mass is 367 g/mol. The van der Waals surface area contributed by atoms with Crippen LogP contribution in [0.5, 0.6) is 11.5 Å². The van der Waals surface area contributed by atoms with Crippen LogP contribution in [0.3, 0.4) is 0 Å². The van der Waals surface area contributed by atoms with Gasteiger partial charge in [0, 0.05) is 30.1 Å². The molecule has 5 nitrogen and oxygen atoms in total. The molecular weight excluding hydrogens is 342 g/mol. The summed E-state index contributed by atoms with van der Waals surface area (Å²) in [5, 5.41) is 0. The highest BCUT2D eigenvalue weighted by Gasteiger charge is 2.28. The molecule has 27 heavy (non-hydrogen) atoms. The van der Waals surface area contributed by atoms with E-state index in [-0.39, 0.29) is 17.6 Å². The van der Waals surface area contributed by atoms with Crippen LogP contribution in [0.4, 0.5) is 0 Å². The van der Waals surface area contributed by atoms with Crippen LogP contribution in [0, 0.1) is 12.8 Å². The third kappa shape index (κ3) is 4.13. The van der Waals surface area contributed by atoms with Gasteiger partial charge in [-0.05, 0) is 67.8 Å². The number of ketones is 1. The molecule has 3 rings (SSSR count). The van der Waals surface area contributed by atoms with Crippen LogP contribution in [-0.4, -0.2) is 43.9 Å². The summed E-state index contributed by atoms with van der Waals surface area (Å²) in [5.41, 5.74) is 2.31. The van der Waals surface area contributed by atoms with Crippen LogP contribution in [0.2, 0.25) is 0 Å². The molecule has 2 aromatic carbocycles. The Hall–Kier alpha value is -2.82. The molecule has 0 bridgehead atoms. The van der Waals surface area contributed by atoms with Crippen molar-refractivity contribution in [3.63, 3.8) is 0 Å². The van der Waals surface area contributed by atoms with Crippen LogP contribution in [0.25, 0.3) is 0 Å². The second kappa shape index (κ2) is 8.25. The molecule has 0 atom stereocenters. The van der Waals surface area contributed by atoms with Crippen molar-refractivity contribution >= 4 is 11.7 Å². The van der Waals surface area contributed by atoms with Gasteiger partial charge in [-0.2, -0.15) is 0 Å². The number of methoxy groups -OCH3 is 2. The summed E-state index contributed by atoms with van der Waals surface area (Å²) in [7, 11) is 3.22. The molecule has 0 aromatic heterocycles. The molecular formula is C22H25NO4. The largest absolute Gasteiger partial charge is 0.497 e. The number of Topliss-reactive ketones (excluding diaryl/α,β-unsaturated/α-hetero) is 1. The highest BCUT2D eigenvalue weighted by molar-refractivity contribution is 5.99. The molecule has 5 heteroatoms. The van der Waals surface area contributed by atoms with Crippen LogP contribution in [-0.2, 0) is 0 Å². The summed E-state index contributed by atoms with van der Waals surface area (Å²) in [6, 6.07) is 12.7. The van der Waals surface area contributed by atoms with Gasteiger partial charge in [-0.3, -0.25) is 9.59 Å². The Morgan fingerprint density at radius 3 is 2.11 bits per heavy atom. The number of ether oxygens (including phenoxy) is 2. The smallest absolute Gasteiger partial charge is 0.253 e. The van der Waals surface area contributed by atoms with E-state index in [9.17, 15) is 9.59 Å². The standard InChI is InChI=1S/C22H25NO4/c1-15-14-18(6-9-20(15)27-3)21(24)16-10-12-23(13-11-16)22(25)17-4-7-19(26-2)8-5-17/h4-9,14,16H,10-13H2,1-3H3. The Kier molecular flexibility index (Phi) is 5.79. The lowest BCUT2D eigenvalue weighted by atomic mass is 9.88. The van der Waals surface area contributed by atoms with Crippen molar-refractivity contribution in [3.8, 4) is 11.5 Å². The summed E-state index contributed by atoms with van der Waals surface area (Å²) >= 11 is 0. The molecule has 1 fully saturated rings. The number of benzene rings is 2. The second-order valence-electron chi connectivity index (χ2n) is 6.84. The van der Waals surface area contributed by atoms with Crippen molar-refractivity contribution in [1.82, 2.24) is 4.90 Å². The van der Waals surface area contributed by atoms with Gasteiger partial charge in [-0.1, -0.05) is 0 Å². The van der Waals surface area contributed by atoms with Gasteiger partial charge < -0.3 is 14.4 Å². The van der Waals surface area contributed by atoms with Crippen molar-refractivity contribution in [3.05, 3.63) is 59.2 Å². The van der Waals surface area contributed by atoms with Gasteiger partial charge in [0.15, 0.2) is 5.78 Å². The zero-order valence-corrected chi connectivity index (χ0v) is 16.0. The summed E-state index contributed by atoms with van der Waals surface area (Å²) in [5.74, 6) is 1.62. The normalized spacial score (nSPS) is 14.7. The zero-order chi connectivity index (χ0) is 19.4. The number of rotatable bonds is 5. The quantitative estimate of drug-likeness (QED) is 0.756. The highest BCUT2D eigenvalue weighted by Crippen LogP contribution is 2.26. The van der Waals surface area contributed by atoms with Gasteiger partial charge in [-0.15, -0.1) is 0 Å². The minimum Gasteiger partial charge on any atom is -0.497 e. The van der Waals surface area contributed by atoms with Crippen LogP contribution in [0.15, 0.2) is 42.5 Å². The van der Waals surface area contributed by atoms with Gasteiger partial charge in [0.25, 0.3) is 5.91 Å². The van der Waals surface area contributed by atoms with E-state index in [1.165, 1.54) is 0 Å². The molecule has 1 amide bonds. The van der Waals surface area contributed by atoms with Gasteiger partial charge >= 0.3 is 0 Å². The van der Waals surface area contributed by atoms with E-state index in [0.717, 1.165) is 17.1 Å². The Morgan fingerprint density at radius 1 is 0.926 bits per heavy atom. The van der Waals surface area contributed by atoms with Gasteiger partial charge in [0.05, 0.1) is 14.2 Å². The van der Waals surface area contributed by atoms with Crippen molar-refractivity contribution in [2.24, 2.45) is 5.92 Å². The topological polar surface area (TPSA) is 55.8 Å². The fourth-order valence-corrected chi connectivity index (χ4v) is 3.53. The van der Waals surface area contributed by atoms with E-state index in [1.54, 1.807) is 38.5 Å². The number of nitrogens with zero attached hydrogens (tertiary/aromatic N) is 1. The lowest BCUT2D eigenvalue weighted by Gasteiger charge is -2.31. The molecule has 1 heterocycles. The summed E-state index contributed by atoms with van der Waals surface area (Å²) in [6.07, 6.45) is 1.37. The SMILES string of the molecule is COc1ccc(C(=O)N2CCC(C(=O)c3ccc(OC)c(C)c3)CC2)cc1. The van der Waals surface area contributed by atoms with E-state index in [1.807, 2.05) is 30.0 Å². The average Bonchev–Trinajstić information content (AvgIpc) is 2.73. The van der Waals surface area contributed by atoms with Crippen molar-refractivity contribution in [2.75, 3.05) is 27.3 Å². The molecule has 1 aliphatic rings. The molecule has 0 radical (unpaired) electrons. The predicted octanol–water partition coefficient (Wildman–Crippen LogP) is 3.75. The minimum atomic E-state index is -0.0438. The average molecular weight is 367 g/mol. The molecule has 0 unspecified atom stereocenters. The number of carbonyl (C=O) groups excluding carboxylic acids is 2. The molecule has 0 aliphatic carbocycles. The molecule has 0 N–H and O–H groups in total. The van der Waals surface area contributed by atoms with E-state index in [0.29, 0.717) is 37.1 Å². The third-order valence-corrected chi connectivity index (χ3v) is 5.17. The van der Waals surface area contributed by atoms with E-state index >= 15 is 0 Å². The zero-order valence-electron chi connectivity index (χ0n) is 16.0. The van der Waals surface area contributed by atoms with Crippen LogP contribution >= 0.6 is 0 Å². The first-order valence-corrected chi connectivity index (χ1v) is 9.15. The lowest BCUT2D eigenvalue weighted by Crippen LogP contribution is -2.40.